The number of nitrogens with zero attached hydrogens (tertiary/aromatic N) is 7. The molecular formula is C28H31N7O. The second-order valence-electron chi connectivity index (χ2n) is 10.6. The molecule has 4 heterocycles. The minimum Gasteiger partial charge on any atom is -0.357 e. The van der Waals surface area contributed by atoms with E-state index in [0.29, 0.717) is 0 Å². The maximum absolute atomic E-state index is 12.8. The third-order valence-corrected chi connectivity index (χ3v) is 8.43. The van der Waals surface area contributed by atoms with Gasteiger partial charge in [0.1, 0.15) is 17.7 Å². The van der Waals surface area contributed by atoms with E-state index in [0.717, 1.165) is 60.2 Å². The van der Waals surface area contributed by atoms with Crippen LogP contribution in [-0.2, 0) is 23.7 Å². The second-order valence-corrected chi connectivity index (χ2v) is 10.6. The van der Waals surface area contributed by atoms with Gasteiger partial charge in [-0.3, -0.25) is 14.0 Å². The lowest BCUT2D eigenvalue weighted by molar-refractivity contribution is -0.121. The van der Waals surface area contributed by atoms with Crippen molar-refractivity contribution < 1.29 is 4.79 Å². The minimum atomic E-state index is -0.489. The first-order valence-electron chi connectivity index (χ1n) is 12.9. The summed E-state index contributed by atoms with van der Waals surface area (Å²) >= 11 is 0. The lowest BCUT2D eigenvalue weighted by Gasteiger charge is -2.44. The number of Topliss-reactive ketones (excluding diaryl/α,β-unsaturated/α-hetero) is 1. The summed E-state index contributed by atoms with van der Waals surface area (Å²) in [5.41, 5.74) is 3.82. The highest BCUT2D eigenvalue weighted by molar-refractivity contribution is 6.02. The molecule has 1 saturated heterocycles. The normalized spacial score (nSPS) is 25.7. The Balaban J connectivity index is 1.55. The zero-order valence-corrected chi connectivity index (χ0v) is 21.1. The van der Waals surface area contributed by atoms with Gasteiger partial charge in [0.2, 0.25) is 0 Å². The number of rotatable bonds is 3. The summed E-state index contributed by atoms with van der Waals surface area (Å²) in [4.78, 5) is 25.2. The third-order valence-electron chi connectivity index (χ3n) is 8.43. The van der Waals surface area contributed by atoms with Crippen molar-refractivity contribution in [1.29, 1.82) is 5.26 Å². The second kappa shape index (κ2) is 8.44. The maximum atomic E-state index is 12.8. The number of fused-ring (bicyclic) bond motifs is 3. The van der Waals surface area contributed by atoms with E-state index in [1.54, 1.807) is 4.68 Å². The Morgan fingerprint density at radius 1 is 1.22 bits per heavy atom. The van der Waals surface area contributed by atoms with Gasteiger partial charge in [-0.2, -0.15) is 10.4 Å². The molecule has 3 aliphatic rings. The van der Waals surface area contributed by atoms with Crippen LogP contribution >= 0.6 is 0 Å². The monoisotopic (exact) mass is 481 g/mol. The predicted octanol–water partition coefficient (Wildman–Crippen LogP) is 4.15. The van der Waals surface area contributed by atoms with E-state index in [4.69, 9.17) is 4.98 Å². The standard InChI is InChI=1S/C28H31N7O/c1-18-22-7-8-23-26(28(22,2)14-20(15-29)25(18)36)32-27(35(23)21-16-31-33(3)17-21)19-9-10-30-24(13-19)34-11-5-4-6-12-34/h9-10,13-14,16-18,22H,4-8,11-12H2,1-3H3/t18-,22-,28-/m1/s1. The molecule has 0 spiro atoms. The molecule has 2 aliphatic carbocycles. The van der Waals surface area contributed by atoms with Gasteiger partial charge in [0, 0.05) is 55.1 Å². The SMILES string of the molecule is C[C@H]1C(=O)C(C#N)=C[C@@]2(C)c3nc(-c4ccnc(N5CCCCC5)c4)n(-c4cnn(C)c4)c3CC[C@H]12. The Morgan fingerprint density at radius 2 is 2.03 bits per heavy atom. The Labute approximate surface area is 211 Å². The van der Waals surface area contributed by atoms with Crippen LogP contribution in [0.3, 0.4) is 0 Å². The smallest absolute Gasteiger partial charge is 0.176 e. The number of ketones is 1. The van der Waals surface area contributed by atoms with Gasteiger partial charge in [-0.1, -0.05) is 19.9 Å². The number of imidazole rings is 1. The average Bonchev–Trinajstić information content (AvgIpc) is 3.51. The highest BCUT2D eigenvalue weighted by atomic mass is 16.1. The molecule has 3 atom stereocenters. The zero-order valence-electron chi connectivity index (χ0n) is 21.1. The molecular weight excluding hydrogens is 450 g/mol. The number of carbonyl (C=O) groups is 1. The fourth-order valence-corrected chi connectivity index (χ4v) is 6.56. The summed E-state index contributed by atoms with van der Waals surface area (Å²) in [5, 5.41) is 14.2. The largest absolute Gasteiger partial charge is 0.357 e. The number of pyridine rings is 1. The molecule has 0 saturated carbocycles. The topological polar surface area (TPSA) is 92.6 Å². The van der Waals surface area contributed by atoms with Crippen LogP contribution < -0.4 is 4.90 Å². The molecule has 8 nitrogen and oxygen atoms in total. The molecule has 1 aliphatic heterocycles. The van der Waals surface area contributed by atoms with E-state index in [9.17, 15) is 10.1 Å². The van der Waals surface area contributed by atoms with Crippen LogP contribution in [0.15, 0.2) is 42.4 Å². The summed E-state index contributed by atoms with van der Waals surface area (Å²) in [5.74, 6) is 1.70. The van der Waals surface area contributed by atoms with Crippen LogP contribution in [0.4, 0.5) is 5.82 Å². The van der Waals surface area contributed by atoms with Gasteiger partial charge in [-0.05, 0) is 50.2 Å². The molecule has 6 rings (SSSR count). The van der Waals surface area contributed by atoms with Crippen LogP contribution in [0.25, 0.3) is 17.1 Å². The highest BCUT2D eigenvalue weighted by Crippen LogP contribution is 2.50. The van der Waals surface area contributed by atoms with Crippen molar-refractivity contribution in [3.05, 3.63) is 53.8 Å². The van der Waals surface area contributed by atoms with E-state index in [-0.39, 0.29) is 23.2 Å². The molecule has 0 unspecified atom stereocenters. The molecule has 0 bridgehead atoms. The number of aryl methyl sites for hydroxylation is 1. The number of piperidine rings is 1. The van der Waals surface area contributed by atoms with Gasteiger partial charge in [-0.15, -0.1) is 0 Å². The molecule has 36 heavy (non-hydrogen) atoms. The van der Waals surface area contributed by atoms with Crippen LogP contribution in [0.5, 0.6) is 0 Å². The maximum Gasteiger partial charge on any atom is 0.176 e. The predicted molar refractivity (Wildman–Crippen MR) is 137 cm³/mol. The molecule has 0 aromatic carbocycles. The lowest BCUT2D eigenvalue weighted by Crippen LogP contribution is -2.45. The van der Waals surface area contributed by atoms with Crippen molar-refractivity contribution in [2.45, 2.75) is 51.4 Å². The van der Waals surface area contributed by atoms with Gasteiger partial charge in [0.25, 0.3) is 0 Å². The van der Waals surface area contributed by atoms with Crippen molar-refractivity contribution in [2.75, 3.05) is 18.0 Å². The van der Waals surface area contributed by atoms with Crippen molar-refractivity contribution in [2.24, 2.45) is 18.9 Å². The fraction of sp³-hybridized carbons (Fsp3) is 0.464. The van der Waals surface area contributed by atoms with E-state index < -0.39 is 5.41 Å². The Morgan fingerprint density at radius 3 is 2.75 bits per heavy atom. The van der Waals surface area contributed by atoms with Gasteiger partial charge in [0.05, 0.1) is 23.2 Å². The summed E-state index contributed by atoms with van der Waals surface area (Å²) < 4.78 is 4.03. The van der Waals surface area contributed by atoms with Crippen molar-refractivity contribution in [3.8, 4) is 23.1 Å². The number of nitriles is 1. The summed E-state index contributed by atoms with van der Waals surface area (Å²) in [7, 11) is 1.92. The summed E-state index contributed by atoms with van der Waals surface area (Å²) in [6.45, 7) is 6.16. The Kier molecular flexibility index (Phi) is 5.32. The Hall–Kier alpha value is -3.73. The molecule has 0 N–H and O–H groups in total. The number of anilines is 1. The van der Waals surface area contributed by atoms with Gasteiger partial charge < -0.3 is 4.90 Å². The van der Waals surface area contributed by atoms with Crippen LogP contribution in [-0.4, -0.2) is 43.2 Å². The molecule has 3 aromatic heterocycles. The number of hydrogen-bond acceptors (Lipinski definition) is 6. The minimum absolute atomic E-state index is 0.0457. The first-order chi connectivity index (χ1) is 17.4. The van der Waals surface area contributed by atoms with Gasteiger partial charge >= 0.3 is 0 Å². The molecule has 0 radical (unpaired) electrons. The highest BCUT2D eigenvalue weighted by Gasteiger charge is 2.50. The number of hydrogen-bond donors (Lipinski definition) is 0. The Bertz CT molecular complexity index is 1420. The van der Waals surface area contributed by atoms with Crippen LogP contribution in [0, 0.1) is 23.2 Å². The van der Waals surface area contributed by atoms with E-state index in [1.165, 1.54) is 19.3 Å². The van der Waals surface area contributed by atoms with Gasteiger partial charge in [-0.25, -0.2) is 9.97 Å². The molecule has 1 fully saturated rings. The van der Waals surface area contributed by atoms with Crippen LogP contribution in [0.2, 0.25) is 0 Å². The third kappa shape index (κ3) is 3.41. The zero-order chi connectivity index (χ0) is 25.0. The summed E-state index contributed by atoms with van der Waals surface area (Å²) in [6.07, 6.45) is 13.0. The molecule has 0 amide bonds. The molecule has 3 aromatic rings. The van der Waals surface area contributed by atoms with Crippen LogP contribution in [0.1, 0.15) is 50.9 Å². The fourth-order valence-electron chi connectivity index (χ4n) is 6.56. The first kappa shape index (κ1) is 22.7. The lowest BCUT2D eigenvalue weighted by atomic mass is 9.58. The van der Waals surface area contributed by atoms with E-state index in [2.05, 4.69) is 38.6 Å². The average molecular weight is 482 g/mol. The van der Waals surface area contributed by atoms with Crippen molar-refractivity contribution in [3.63, 3.8) is 0 Å². The van der Waals surface area contributed by atoms with Crippen molar-refractivity contribution >= 4 is 11.6 Å². The quantitative estimate of drug-likeness (QED) is 0.558. The molecule has 184 valence electrons. The first-order valence-corrected chi connectivity index (χ1v) is 12.9. The number of aromatic nitrogens is 5. The molecule has 8 heteroatoms. The summed E-state index contributed by atoms with van der Waals surface area (Å²) in [6, 6.07) is 6.33. The van der Waals surface area contributed by atoms with Crippen molar-refractivity contribution in [1.82, 2.24) is 24.3 Å². The van der Waals surface area contributed by atoms with Gasteiger partial charge in [0.15, 0.2) is 5.78 Å². The van der Waals surface area contributed by atoms with E-state index in [1.807, 2.05) is 44.7 Å². The van der Waals surface area contributed by atoms with E-state index >= 15 is 0 Å². The number of allylic oxidation sites excluding steroid dienone is 2. The number of carbonyl (C=O) groups excluding carboxylic acids is 1.